The molecule has 86 valence electrons. The fraction of sp³-hybridized carbons (Fsp3) is 0.917. The summed E-state index contributed by atoms with van der Waals surface area (Å²) in [5.41, 5.74) is 0. The second kappa shape index (κ2) is 15.3. The number of carboxylic acid groups (broad SMARTS) is 1. The molecule has 0 saturated heterocycles. The molecule has 15 heavy (non-hydrogen) atoms. The van der Waals surface area contributed by atoms with Crippen molar-refractivity contribution in [3.8, 4) is 0 Å². The number of hydrogen-bond acceptors (Lipinski definition) is 1. The van der Waals surface area contributed by atoms with Crippen LogP contribution in [0.1, 0.15) is 71.1 Å². The number of carbonyl (C=O) groups is 1. The molecule has 0 rings (SSSR count). The van der Waals surface area contributed by atoms with E-state index in [1.54, 1.807) is 0 Å². The Hall–Kier alpha value is 1.28. The number of unbranched alkanes of at least 4 members (excludes halogenated alkanes) is 8. The molecule has 0 aromatic carbocycles. The van der Waals surface area contributed by atoms with Gasteiger partial charge in [-0.05, 0) is 6.42 Å². The Labute approximate surface area is 143 Å². The van der Waals surface area contributed by atoms with Gasteiger partial charge in [-0.1, -0.05) is 58.3 Å². The third-order valence-corrected chi connectivity index (χ3v) is 2.49. The van der Waals surface area contributed by atoms with Gasteiger partial charge in [-0.2, -0.15) is 0 Å². The normalized spacial score (nSPS) is 9.67. The molecule has 0 aromatic rings. The number of carboxylic acids is 1. The van der Waals surface area contributed by atoms with Gasteiger partial charge >= 0.3 is 64.2 Å². The topological polar surface area (TPSA) is 37.3 Å². The predicted octanol–water partition coefficient (Wildman–Crippen LogP) is 3.34. The van der Waals surface area contributed by atoms with Crippen LogP contribution in [-0.2, 0) is 4.79 Å². The zero-order valence-corrected chi connectivity index (χ0v) is 9.43. The van der Waals surface area contributed by atoms with Crippen molar-refractivity contribution in [2.75, 3.05) is 0 Å². The molecule has 2 nitrogen and oxygen atoms in total. The monoisotopic (exact) mass is 286 g/mol. The van der Waals surface area contributed by atoms with E-state index in [0.29, 0.717) is 6.42 Å². The second-order valence-electron chi connectivity index (χ2n) is 3.97. The Kier molecular flexibility index (Phi) is 19.0. The van der Waals surface area contributed by atoms with Crippen LogP contribution >= 0.6 is 0 Å². The summed E-state index contributed by atoms with van der Waals surface area (Å²) >= 11 is 0. The summed E-state index contributed by atoms with van der Waals surface area (Å²) in [6, 6.07) is 0. The van der Waals surface area contributed by atoms with Gasteiger partial charge in [0.15, 0.2) is 0 Å². The third-order valence-electron chi connectivity index (χ3n) is 2.49. The molecular weight excluding hydrogens is 262 g/mol. The van der Waals surface area contributed by atoms with Gasteiger partial charge in [0.05, 0.1) is 0 Å². The molecule has 0 bridgehead atoms. The van der Waals surface area contributed by atoms with Gasteiger partial charge in [-0.3, -0.25) is 4.79 Å². The fourth-order valence-electron chi connectivity index (χ4n) is 1.59. The van der Waals surface area contributed by atoms with Crippen LogP contribution in [0.4, 0.5) is 0 Å². The van der Waals surface area contributed by atoms with Gasteiger partial charge < -0.3 is 5.11 Å². The summed E-state index contributed by atoms with van der Waals surface area (Å²) in [6.45, 7) is 2.23. The fourth-order valence-corrected chi connectivity index (χ4v) is 1.59. The van der Waals surface area contributed by atoms with E-state index >= 15 is 0 Å². The molecule has 0 fully saturated rings. The standard InChI is InChI=1S/C12H24O2.Rb.H/c1-2-3-4-5-6-7-8-9-10-11-12(13)14;;/h2-11H2,1H3,(H,13,14);;. The number of aliphatic carboxylic acids is 1. The SMILES string of the molecule is CCCCCCCCCCCC(=O)O.[RbH]. The van der Waals surface area contributed by atoms with Crippen LogP contribution < -0.4 is 0 Å². The molecule has 0 radical (unpaired) electrons. The molecule has 0 saturated carbocycles. The second-order valence-corrected chi connectivity index (χ2v) is 3.97. The van der Waals surface area contributed by atoms with E-state index in [2.05, 4.69) is 6.92 Å². The van der Waals surface area contributed by atoms with E-state index in [1.807, 2.05) is 0 Å². The van der Waals surface area contributed by atoms with Gasteiger partial charge in [-0.25, -0.2) is 0 Å². The van der Waals surface area contributed by atoms with E-state index in [-0.39, 0.29) is 58.2 Å². The third kappa shape index (κ3) is 17.9. The summed E-state index contributed by atoms with van der Waals surface area (Å²) in [7, 11) is 0. The maximum atomic E-state index is 10.2. The summed E-state index contributed by atoms with van der Waals surface area (Å²) in [6.07, 6.45) is 11.5. The van der Waals surface area contributed by atoms with Crippen LogP contribution in [0.25, 0.3) is 0 Å². The van der Waals surface area contributed by atoms with E-state index in [1.165, 1.54) is 44.9 Å². The van der Waals surface area contributed by atoms with Crippen molar-refractivity contribution in [1.82, 2.24) is 0 Å². The van der Waals surface area contributed by atoms with Gasteiger partial charge in [0.1, 0.15) is 0 Å². The van der Waals surface area contributed by atoms with Crippen molar-refractivity contribution < 1.29 is 9.90 Å². The first kappa shape index (κ1) is 18.6. The van der Waals surface area contributed by atoms with Gasteiger partial charge in [-0.15, -0.1) is 0 Å². The summed E-state index contributed by atoms with van der Waals surface area (Å²) in [4.78, 5) is 10.2. The molecule has 1 N–H and O–H groups in total. The quantitative estimate of drug-likeness (QED) is 0.626. The molecule has 0 unspecified atom stereocenters. The predicted molar refractivity (Wildman–Crippen MR) is 66.6 cm³/mol. The van der Waals surface area contributed by atoms with Crippen molar-refractivity contribution in [2.45, 2.75) is 71.1 Å². The van der Waals surface area contributed by atoms with Crippen molar-refractivity contribution in [3.05, 3.63) is 0 Å². The number of hydrogen-bond donors (Lipinski definition) is 1. The van der Waals surface area contributed by atoms with Gasteiger partial charge in [0, 0.05) is 6.42 Å². The molecule has 3 heteroatoms. The van der Waals surface area contributed by atoms with E-state index in [4.69, 9.17) is 5.11 Å². The van der Waals surface area contributed by atoms with Crippen LogP contribution in [0, 0.1) is 0 Å². The van der Waals surface area contributed by atoms with E-state index < -0.39 is 5.97 Å². The zero-order valence-electron chi connectivity index (χ0n) is 9.43. The minimum atomic E-state index is -0.659. The molecule has 0 atom stereocenters. The first-order valence-electron chi connectivity index (χ1n) is 5.99. The first-order chi connectivity index (χ1) is 6.77. The Morgan fingerprint density at radius 2 is 1.27 bits per heavy atom. The molecule has 0 spiro atoms. The van der Waals surface area contributed by atoms with Crippen LogP contribution in [0.15, 0.2) is 0 Å². The summed E-state index contributed by atoms with van der Waals surface area (Å²) in [5.74, 6) is -0.659. The minimum absolute atomic E-state index is 0. The Bertz CT molecular complexity index is 138. The van der Waals surface area contributed by atoms with Crippen molar-refractivity contribution in [3.63, 3.8) is 0 Å². The summed E-state index contributed by atoms with van der Waals surface area (Å²) < 4.78 is 0. The molecule has 0 heterocycles. The first-order valence-corrected chi connectivity index (χ1v) is 5.99. The van der Waals surface area contributed by atoms with Crippen LogP contribution in [0.5, 0.6) is 0 Å². The molecule has 0 aliphatic rings. The van der Waals surface area contributed by atoms with E-state index in [0.717, 1.165) is 12.8 Å². The summed E-state index contributed by atoms with van der Waals surface area (Å²) in [5, 5.41) is 8.41. The number of rotatable bonds is 10. The molecule has 0 aromatic heterocycles. The van der Waals surface area contributed by atoms with Crippen molar-refractivity contribution in [1.29, 1.82) is 0 Å². The van der Waals surface area contributed by atoms with Crippen LogP contribution in [0.2, 0.25) is 0 Å². The Balaban J connectivity index is 0. The van der Waals surface area contributed by atoms with Crippen LogP contribution in [0.3, 0.4) is 0 Å². The van der Waals surface area contributed by atoms with Crippen LogP contribution in [-0.4, -0.2) is 69.3 Å². The zero-order chi connectivity index (χ0) is 10.6. The average molecular weight is 287 g/mol. The van der Waals surface area contributed by atoms with Gasteiger partial charge in [0.2, 0.25) is 0 Å². The van der Waals surface area contributed by atoms with Gasteiger partial charge in [0.25, 0.3) is 0 Å². The molecular formula is C12H25O2Rb. The molecule has 0 aliphatic carbocycles. The molecule has 0 amide bonds. The molecule has 0 aliphatic heterocycles. The van der Waals surface area contributed by atoms with E-state index in [9.17, 15) is 4.79 Å². The Morgan fingerprint density at radius 1 is 0.867 bits per heavy atom. The Morgan fingerprint density at radius 3 is 1.67 bits per heavy atom. The average Bonchev–Trinajstić information content (AvgIpc) is 2.15. The van der Waals surface area contributed by atoms with Crippen molar-refractivity contribution in [2.24, 2.45) is 0 Å². The van der Waals surface area contributed by atoms with Crippen molar-refractivity contribution >= 4 is 64.2 Å². The maximum absolute atomic E-state index is 10.2.